The van der Waals surface area contributed by atoms with E-state index in [1.807, 2.05) is 0 Å². The number of aromatic nitrogens is 4. The summed E-state index contributed by atoms with van der Waals surface area (Å²) in [6.07, 6.45) is -4.86. The van der Waals surface area contributed by atoms with Gasteiger partial charge in [-0.25, -0.2) is 4.79 Å². The summed E-state index contributed by atoms with van der Waals surface area (Å²) in [7, 11) is 1.12. The normalized spacial score (nSPS) is 20.3. The maximum absolute atomic E-state index is 13.0. The highest BCUT2D eigenvalue weighted by Crippen LogP contribution is 2.42. The molecule has 2 aliphatic rings. The summed E-state index contributed by atoms with van der Waals surface area (Å²) in [5, 5.41) is 22.4. The van der Waals surface area contributed by atoms with Gasteiger partial charge >= 0.3 is 12.1 Å². The van der Waals surface area contributed by atoms with Gasteiger partial charge in [-0.2, -0.15) is 18.3 Å². The number of aliphatic carboxylic acids is 1. The molecule has 0 radical (unpaired) electrons. The van der Waals surface area contributed by atoms with E-state index in [1.54, 1.807) is 6.92 Å². The minimum Gasteiger partial charge on any atom is -0.477 e. The Labute approximate surface area is 206 Å². The van der Waals surface area contributed by atoms with Crippen LogP contribution in [0.4, 0.5) is 13.2 Å². The molecule has 10 nitrogen and oxygen atoms in total. The van der Waals surface area contributed by atoms with Crippen molar-refractivity contribution in [1.82, 2.24) is 30.2 Å². The first-order valence-electron chi connectivity index (χ1n) is 9.33. The Morgan fingerprint density at radius 3 is 2.62 bits per heavy atom. The van der Waals surface area contributed by atoms with Crippen molar-refractivity contribution in [2.45, 2.75) is 28.9 Å². The van der Waals surface area contributed by atoms with Gasteiger partial charge in [0.15, 0.2) is 10.0 Å². The molecule has 34 heavy (non-hydrogen) atoms. The number of carbonyl (C=O) groups excluding carboxylic acids is 2. The lowest BCUT2D eigenvalue weighted by molar-refractivity contribution is -0.148. The Morgan fingerprint density at radius 1 is 1.35 bits per heavy atom. The quantitative estimate of drug-likeness (QED) is 0.408. The third kappa shape index (κ3) is 4.38. The Kier molecular flexibility index (Phi) is 6.61. The third-order valence-electron chi connectivity index (χ3n) is 4.89. The van der Waals surface area contributed by atoms with E-state index in [4.69, 9.17) is 11.6 Å². The van der Waals surface area contributed by atoms with Crippen LogP contribution >= 0.6 is 46.5 Å². The maximum Gasteiger partial charge on any atom is 0.436 e. The zero-order valence-electron chi connectivity index (χ0n) is 17.2. The van der Waals surface area contributed by atoms with Crippen LogP contribution in [0, 0.1) is 6.92 Å². The van der Waals surface area contributed by atoms with E-state index >= 15 is 0 Å². The van der Waals surface area contributed by atoms with Gasteiger partial charge in [0.25, 0.3) is 11.8 Å². The van der Waals surface area contributed by atoms with E-state index in [1.165, 1.54) is 34.9 Å². The van der Waals surface area contributed by atoms with Crippen molar-refractivity contribution in [1.29, 1.82) is 0 Å². The summed E-state index contributed by atoms with van der Waals surface area (Å²) in [5.74, 6) is -2.45. The molecule has 0 unspecified atom stereocenters. The fourth-order valence-corrected chi connectivity index (χ4v) is 7.07. The summed E-state index contributed by atoms with van der Waals surface area (Å²) in [5.41, 5.74) is -1.64. The lowest BCUT2D eigenvalue weighted by atomic mass is 10.0. The minimum atomic E-state index is -4.86. The van der Waals surface area contributed by atoms with Crippen molar-refractivity contribution in [3.8, 4) is 0 Å². The number of halogens is 4. The summed E-state index contributed by atoms with van der Waals surface area (Å²) in [6, 6.07) is -1.13. The fourth-order valence-electron chi connectivity index (χ4n) is 3.42. The van der Waals surface area contributed by atoms with Crippen molar-refractivity contribution in [2.24, 2.45) is 7.05 Å². The number of carbonyl (C=O) groups is 3. The largest absolute Gasteiger partial charge is 0.477 e. The molecule has 2 aromatic heterocycles. The third-order valence-corrected chi connectivity index (χ3v) is 8.64. The number of hydrogen-bond acceptors (Lipinski definition) is 9. The molecule has 1 fully saturated rings. The number of β-lactam (4-membered cyclic amide) rings is 1. The van der Waals surface area contributed by atoms with Crippen LogP contribution in [0.1, 0.15) is 21.2 Å². The van der Waals surface area contributed by atoms with Gasteiger partial charge in [0.05, 0.1) is 0 Å². The number of aryl methyl sites for hydroxylation is 2. The number of carboxylic acids is 1. The standard InChI is InChI=1S/C17H14ClF3N6O4S3/c1-5-23-24-16(34-5)33-4-6-3-32-14-8(13(29)27(14)9(6)15(30)31)22-12(28)10-7(18)11(17(19,20)21)25-26(10)2/h8,14H,3-4H2,1-2H3,(H,22,28)(H,30,31)/t8-,14-/m1/s1. The zero-order chi connectivity index (χ0) is 24.9. The Bertz CT molecular complexity index is 1230. The molecule has 2 atom stereocenters. The summed E-state index contributed by atoms with van der Waals surface area (Å²) in [4.78, 5) is 38.4. The molecule has 2 amide bonds. The van der Waals surface area contributed by atoms with Gasteiger partial charge in [-0.3, -0.25) is 19.2 Å². The topological polar surface area (TPSA) is 130 Å². The molecule has 0 bridgehead atoms. The summed E-state index contributed by atoms with van der Waals surface area (Å²) >= 11 is 9.63. The first kappa shape index (κ1) is 24.8. The van der Waals surface area contributed by atoms with E-state index in [-0.39, 0.29) is 17.2 Å². The number of hydrogen-bond donors (Lipinski definition) is 2. The second-order valence-electron chi connectivity index (χ2n) is 7.13. The van der Waals surface area contributed by atoms with Crippen molar-refractivity contribution >= 4 is 64.2 Å². The number of rotatable bonds is 6. The average molecular weight is 555 g/mol. The Morgan fingerprint density at radius 2 is 2.06 bits per heavy atom. The molecule has 2 aromatic rings. The highest BCUT2D eigenvalue weighted by Gasteiger charge is 2.54. The van der Waals surface area contributed by atoms with Gasteiger partial charge in [0, 0.05) is 18.6 Å². The van der Waals surface area contributed by atoms with Crippen LogP contribution in [-0.2, 0) is 22.8 Å². The van der Waals surface area contributed by atoms with Gasteiger partial charge in [0.1, 0.15) is 32.8 Å². The average Bonchev–Trinajstić information content (AvgIpc) is 3.31. The van der Waals surface area contributed by atoms with Crippen molar-refractivity contribution in [2.75, 3.05) is 11.5 Å². The number of thioether (sulfide) groups is 2. The SMILES string of the molecule is Cc1nnc(SCC2=C(C(=O)O)N3C(=O)[C@@H](NC(=O)c4c(Cl)c(C(F)(F)F)nn4C)[C@H]3SC2)s1. The highest BCUT2D eigenvalue weighted by molar-refractivity contribution is 8.01. The zero-order valence-corrected chi connectivity index (χ0v) is 20.4. The number of alkyl halides is 3. The van der Waals surface area contributed by atoms with Crippen LogP contribution in [0.2, 0.25) is 5.02 Å². The lowest BCUT2D eigenvalue weighted by Gasteiger charge is -2.49. The minimum absolute atomic E-state index is 0.175. The van der Waals surface area contributed by atoms with Crippen molar-refractivity contribution < 1.29 is 32.7 Å². The summed E-state index contributed by atoms with van der Waals surface area (Å²) < 4.78 is 40.4. The molecule has 2 aliphatic heterocycles. The van der Waals surface area contributed by atoms with Crippen LogP contribution in [0.25, 0.3) is 0 Å². The van der Waals surface area contributed by atoms with Crippen molar-refractivity contribution in [3.63, 3.8) is 0 Å². The van der Waals surface area contributed by atoms with Gasteiger partial charge < -0.3 is 10.4 Å². The molecule has 0 saturated carbocycles. The van der Waals surface area contributed by atoms with E-state index in [0.717, 1.165) is 17.0 Å². The lowest BCUT2D eigenvalue weighted by Crippen LogP contribution is -2.70. The molecule has 17 heteroatoms. The molecule has 0 spiro atoms. The predicted octanol–water partition coefficient (Wildman–Crippen LogP) is 2.40. The molecule has 1 saturated heterocycles. The van der Waals surface area contributed by atoms with E-state index < -0.39 is 51.8 Å². The fraction of sp³-hybridized carbons (Fsp3) is 0.412. The smallest absolute Gasteiger partial charge is 0.436 e. The van der Waals surface area contributed by atoms with Gasteiger partial charge in [-0.05, 0) is 12.5 Å². The number of nitrogens with zero attached hydrogens (tertiary/aromatic N) is 5. The highest BCUT2D eigenvalue weighted by atomic mass is 35.5. The second kappa shape index (κ2) is 9.05. The molecule has 4 rings (SSSR count). The molecule has 182 valence electrons. The molecule has 4 heterocycles. The monoisotopic (exact) mass is 554 g/mol. The molecule has 0 aliphatic carbocycles. The summed E-state index contributed by atoms with van der Waals surface area (Å²) in [6.45, 7) is 1.79. The number of carboxylic acid groups (broad SMARTS) is 1. The van der Waals surface area contributed by atoms with Crippen LogP contribution in [-0.4, -0.2) is 70.7 Å². The number of nitrogens with one attached hydrogen (secondary N) is 1. The molecule has 0 aromatic carbocycles. The Hall–Kier alpha value is -2.30. The van der Waals surface area contributed by atoms with E-state index in [0.29, 0.717) is 14.6 Å². The van der Waals surface area contributed by atoms with Crippen molar-refractivity contribution in [3.05, 3.63) is 32.7 Å². The van der Waals surface area contributed by atoms with Gasteiger partial charge in [-0.15, -0.1) is 22.0 Å². The van der Waals surface area contributed by atoms with Crippen LogP contribution in [0.3, 0.4) is 0 Å². The van der Waals surface area contributed by atoms with Crippen LogP contribution in [0.15, 0.2) is 15.6 Å². The second-order valence-corrected chi connectivity index (χ2v) is 11.0. The maximum atomic E-state index is 13.0. The first-order valence-corrected chi connectivity index (χ1v) is 12.6. The number of fused-ring (bicyclic) bond motifs is 1. The molecular weight excluding hydrogens is 541 g/mol. The Balaban J connectivity index is 1.51. The predicted molar refractivity (Wildman–Crippen MR) is 118 cm³/mol. The van der Waals surface area contributed by atoms with Crippen LogP contribution in [0.5, 0.6) is 0 Å². The van der Waals surface area contributed by atoms with Gasteiger partial charge in [0.2, 0.25) is 0 Å². The molecular formula is C17H14ClF3N6O4S3. The van der Waals surface area contributed by atoms with E-state index in [2.05, 4.69) is 20.6 Å². The number of amides is 2. The molecule has 2 N–H and O–H groups in total. The van der Waals surface area contributed by atoms with Crippen LogP contribution < -0.4 is 5.32 Å². The first-order chi connectivity index (χ1) is 15.9. The van der Waals surface area contributed by atoms with Gasteiger partial charge in [-0.1, -0.05) is 34.7 Å². The van der Waals surface area contributed by atoms with E-state index in [9.17, 15) is 32.7 Å².